The maximum atomic E-state index is 13.0. The first kappa shape index (κ1) is 30.5. The SMILES string of the molecule is CSCCC(N)C(=O)NC(CC(C)C)C(=O)NC(CCSC)C(=O)NC(C(=O)O)C(C)C. The highest BCUT2D eigenvalue weighted by atomic mass is 32.2. The van der Waals surface area contributed by atoms with Crippen molar-refractivity contribution < 1.29 is 24.3 Å². The Hall–Kier alpha value is -1.46. The summed E-state index contributed by atoms with van der Waals surface area (Å²) >= 11 is 3.09. The molecule has 0 saturated heterocycles. The molecule has 0 fully saturated rings. The van der Waals surface area contributed by atoms with E-state index in [1.165, 1.54) is 11.8 Å². The molecule has 0 spiro atoms. The van der Waals surface area contributed by atoms with Crippen LogP contribution >= 0.6 is 23.5 Å². The molecule has 9 nitrogen and oxygen atoms in total. The Morgan fingerprint density at radius 2 is 1.31 bits per heavy atom. The lowest BCUT2D eigenvalue weighted by atomic mass is 10.0. The number of aliphatic carboxylic acids is 1. The summed E-state index contributed by atoms with van der Waals surface area (Å²) in [5, 5.41) is 17.3. The van der Waals surface area contributed by atoms with Gasteiger partial charge in [0.15, 0.2) is 0 Å². The van der Waals surface area contributed by atoms with Gasteiger partial charge in [0.05, 0.1) is 6.04 Å². The topological polar surface area (TPSA) is 151 Å². The van der Waals surface area contributed by atoms with Crippen LogP contribution in [0.1, 0.15) is 47.0 Å². The van der Waals surface area contributed by atoms with Gasteiger partial charge in [-0.3, -0.25) is 14.4 Å². The van der Waals surface area contributed by atoms with Crippen molar-refractivity contribution in [2.75, 3.05) is 24.0 Å². The van der Waals surface area contributed by atoms with Crippen molar-refractivity contribution in [1.29, 1.82) is 0 Å². The first-order chi connectivity index (χ1) is 14.9. The van der Waals surface area contributed by atoms with E-state index in [2.05, 4.69) is 16.0 Å². The highest BCUT2D eigenvalue weighted by Gasteiger charge is 2.31. The summed E-state index contributed by atoms with van der Waals surface area (Å²) in [5.41, 5.74) is 5.93. The van der Waals surface area contributed by atoms with E-state index in [0.29, 0.717) is 25.0 Å². The second-order valence-corrected chi connectivity index (χ2v) is 10.5. The fourth-order valence-electron chi connectivity index (χ4n) is 2.90. The first-order valence-electron chi connectivity index (χ1n) is 10.8. The van der Waals surface area contributed by atoms with Crippen LogP contribution in [0.3, 0.4) is 0 Å². The molecule has 0 radical (unpaired) electrons. The number of hydrogen-bond acceptors (Lipinski definition) is 7. The molecular weight excluding hydrogens is 452 g/mol. The normalized spacial score (nSPS) is 15.0. The van der Waals surface area contributed by atoms with Gasteiger partial charge < -0.3 is 26.8 Å². The summed E-state index contributed by atoms with van der Waals surface area (Å²) in [5.74, 6) is -1.45. The zero-order valence-corrected chi connectivity index (χ0v) is 21.6. The number of carboxylic acids is 1. The molecule has 0 heterocycles. The molecule has 0 aromatic carbocycles. The molecule has 0 rings (SSSR count). The van der Waals surface area contributed by atoms with E-state index < -0.39 is 47.9 Å². The number of carbonyl (C=O) groups excluding carboxylic acids is 3. The lowest BCUT2D eigenvalue weighted by Gasteiger charge is -2.26. The van der Waals surface area contributed by atoms with Gasteiger partial charge in [-0.1, -0.05) is 27.7 Å². The fraction of sp³-hybridized carbons (Fsp3) is 0.810. The Morgan fingerprint density at radius 3 is 1.78 bits per heavy atom. The highest BCUT2D eigenvalue weighted by Crippen LogP contribution is 2.09. The van der Waals surface area contributed by atoms with Crippen molar-refractivity contribution in [1.82, 2.24) is 16.0 Å². The summed E-state index contributed by atoms with van der Waals surface area (Å²) in [4.78, 5) is 49.7. The molecule has 0 aliphatic heterocycles. The van der Waals surface area contributed by atoms with Gasteiger partial charge in [-0.15, -0.1) is 0 Å². The molecule has 32 heavy (non-hydrogen) atoms. The molecule has 3 amide bonds. The van der Waals surface area contributed by atoms with Gasteiger partial charge in [0, 0.05) is 0 Å². The average molecular weight is 493 g/mol. The number of carbonyl (C=O) groups is 4. The molecule has 0 aromatic heterocycles. The number of carboxylic acid groups (broad SMARTS) is 1. The number of thioether (sulfide) groups is 2. The molecule has 11 heteroatoms. The molecule has 186 valence electrons. The molecule has 4 unspecified atom stereocenters. The summed E-state index contributed by atoms with van der Waals surface area (Å²) < 4.78 is 0. The van der Waals surface area contributed by atoms with Gasteiger partial charge >= 0.3 is 5.97 Å². The molecular formula is C21H40N4O5S2. The summed E-state index contributed by atoms with van der Waals surface area (Å²) in [6, 6.07) is -3.53. The second-order valence-electron chi connectivity index (χ2n) is 8.49. The summed E-state index contributed by atoms with van der Waals surface area (Å²) in [6.45, 7) is 7.25. The molecule has 0 aliphatic rings. The number of nitrogens with two attached hydrogens (primary N) is 1. The standard InChI is InChI=1S/C21H40N4O5S2/c1-12(2)11-16(24-18(26)14(22)7-9-31-5)20(28)23-15(8-10-32-6)19(27)25-17(13(3)4)21(29)30/h12-17H,7-11,22H2,1-6H3,(H,23,28)(H,24,26)(H,25,27)(H,29,30). The highest BCUT2D eigenvalue weighted by molar-refractivity contribution is 7.98. The molecule has 4 atom stereocenters. The molecule has 0 aliphatic carbocycles. The maximum Gasteiger partial charge on any atom is 0.326 e. The van der Waals surface area contributed by atoms with Crippen LogP contribution in [-0.4, -0.2) is 77.0 Å². The quantitative estimate of drug-likeness (QED) is 0.215. The van der Waals surface area contributed by atoms with E-state index in [1.54, 1.807) is 25.6 Å². The van der Waals surface area contributed by atoms with Crippen LogP contribution in [0.2, 0.25) is 0 Å². The largest absolute Gasteiger partial charge is 0.480 e. The van der Waals surface area contributed by atoms with Crippen molar-refractivity contribution in [3.05, 3.63) is 0 Å². The maximum absolute atomic E-state index is 13.0. The smallest absolute Gasteiger partial charge is 0.326 e. The van der Waals surface area contributed by atoms with Crippen LogP contribution in [-0.2, 0) is 19.2 Å². The van der Waals surface area contributed by atoms with Crippen molar-refractivity contribution in [2.24, 2.45) is 17.6 Å². The third kappa shape index (κ3) is 12.0. The van der Waals surface area contributed by atoms with E-state index in [0.717, 1.165) is 5.75 Å². The molecule has 0 aromatic rings. The second kappa shape index (κ2) is 16.2. The van der Waals surface area contributed by atoms with E-state index in [4.69, 9.17) is 5.73 Å². The van der Waals surface area contributed by atoms with Crippen LogP contribution in [0, 0.1) is 11.8 Å². The monoisotopic (exact) mass is 492 g/mol. The number of amides is 3. The van der Waals surface area contributed by atoms with E-state index in [9.17, 15) is 24.3 Å². The van der Waals surface area contributed by atoms with Crippen molar-refractivity contribution >= 4 is 47.2 Å². The minimum absolute atomic E-state index is 0.115. The Kier molecular flexibility index (Phi) is 15.5. The lowest BCUT2D eigenvalue weighted by Crippen LogP contribution is -2.58. The van der Waals surface area contributed by atoms with E-state index in [-0.39, 0.29) is 11.8 Å². The Morgan fingerprint density at radius 1 is 0.812 bits per heavy atom. The minimum Gasteiger partial charge on any atom is -0.480 e. The predicted molar refractivity (Wildman–Crippen MR) is 132 cm³/mol. The third-order valence-corrected chi connectivity index (χ3v) is 6.07. The first-order valence-corrected chi connectivity index (χ1v) is 13.6. The fourth-order valence-corrected chi connectivity index (χ4v) is 3.86. The van der Waals surface area contributed by atoms with Gasteiger partial charge in [-0.25, -0.2) is 4.79 Å². The Labute approximate surface area is 200 Å². The van der Waals surface area contributed by atoms with Crippen molar-refractivity contribution in [2.45, 2.75) is 71.1 Å². The van der Waals surface area contributed by atoms with Crippen molar-refractivity contribution in [3.63, 3.8) is 0 Å². The molecule has 0 saturated carbocycles. The van der Waals surface area contributed by atoms with Crippen LogP contribution in [0.15, 0.2) is 0 Å². The van der Waals surface area contributed by atoms with Crippen LogP contribution in [0.4, 0.5) is 0 Å². The summed E-state index contributed by atoms with van der Waals surface area (Å²) in [6.07, 6.45) is 5.01. The van der Waals surface area contributed by atoms with E-state index >= 15 is 0 Å². The molecule has 6 N–H and O–H groups in total. The van der Waals surface area contributed by atoms with Crippen molar-refractivity contribution in [3.8, 4) is 0 Å². The minimum atomic E-state index is -1.13. The average Bonchev–Trinajstić information content (AvgIpc) is 2.71. The van der Waals surface area contributed by atoms with Gasteiger partial charge in [0.25, 0.3) is 0 Å². The number of rotatable bonds is 16. The van der Waals surface area contributed by atoms with Crippen LogP contribution in [0.5, 0.6) is 0 Å². The predicted octanol–water partition coefficient (Wildman–Crippen LogP) is 1.06. The van der Waals surface area contributed by atoms with Gasteiger partial charge in [-0.05, 0) is 55.1 Å². The van der Waals surface area contributed by atoms with Gasteiger partial charge in [-0.2, -0.15) is 23.5 Å². The zero-order chi connectivity index (χ0) is 24.8. The Balaban J connectivity index is 5.40. The summed E-state index contributed by atoms with van der Waals surface area (Å²) in [7, 11) is 0. The molecule has 0 bridgehead atoms. The van der Waals surface area contributed by atoms with E-state index in [1.807, 2.05) is 26.4 Å². The third-order valence-electron chi connectivity index (χ3n) is 4.78. The van der Waals surface area contributed by atoms with Gasteiger partial charge in [0.1, 0.15) is 18.1 Å². The number of hydrogen-bond donors (Lipinski definition) is 5. The number of nitrogens with one attached hydrogen (secondary N) is 3. The lowest BCUT2D eigenvalue weighted by molar-refractivity contribution is -0.143. The van der Waals surface area contributed by atoms with Crippen LogP contribution < -0.4 is 21.7 Å². The van der Waals surface area contributed by atoms with Crippen LogP contribution in [0.25, 0.3) is 0 Å². The Bertz CT molecular complexity index is 619. The van der Waals surface area contributed by atoms with Gasteiger partial charge in [0.2, 0.25) is 17.7 Å². The zero-order valence-electron chi connectivity index (χ0n) is 20.0.